The van der Waals surface area contributed by atoms with E-state index in [2.05, 4.69) is 160 Å². The maximum Gasteiger partial charge on any atom is 0.470 e. The summed E-state index contributed by atoms with van der Waals surface area (Å²) in [7, 11) is 0. The molecule has 0 aliphatic carbocycles. The molecule has 1 aromatic heterocycles. The average molecular weight is 613 g/mol. The highest BCUT2D eigenvalue weighted by Gasteiger charge is 2.16. The summed E-state index contributed by atoms with van der Waals surface area (Å²) in [5, 5.41) is 7.80. The molecule has 0 amide bonds. The fraction of sp³-hybridized carbons (Fsp3) is 0. The molecule has 0 saturated carbocycles. The number of halogens is 1. The Hall–Kier alpha value is -2.77. The Morgan fingerprint density at radius 3 is 2.05 bits per heavy atom. The lowest BCUT2D eigenvalue weighted by atomic mass is 9.95. The number of fused-ring (bicyclic) bond motifs is 8. The van der Waals surface area contributed by atoms with Gasteiger partial charge in [-0.3, -0.25) is 0 Å². The molecule has 0 bridgehead atoms. The normalized spacial score (nSPS) is 11.5. The molecule has 3 radical (unpaired) electrons. The Bertz CT molecular complexity index is 1980. The van der Waals surface area contributed by atoms with E-state index in [0.717, 1.165) is 0 Å². The van der Waals surface area contributed by atoms with Gasteiger partial charge < -0.3 is 7.85 Å². The third-order valence-electron chi connectivity index (χ3n) is 7.32. The summed E-state index contributed by atoms with van der Waals surface area (Å²) in [5.41, 5.74) is 8.60. The van der Waals surface area contributed by atoms with Crippen LogP contribution in [-0.4, -0.2) is 32.2 Å². The van der Waals surface area contributed by atoms with E-state index in [1.165, 1.54) is 71.3 Å². The Balaban J connectivity index is 1.47. The number of hydrogen-bond acceptors (Lipinski definition) is 1. The second-order valence-electron chi connectivity index (χ2n) is 9.30. The van der Waals surface area contributed by atoms with Gasteiger partial charge in [-0.2, -0.15) is 20.3 Å². The zero-order chi connectivity index (χ0) is 24.9. The monoisotopic (exact) mass is 613 g/mol. The Labute approximate surface area is 241 Å². The van der Waals surface area contributed by atoms with Crippen LogP contribution in [0, 0.1) is 0 Å². The van der Waals surface area contributed by atoms with Crippen LogP contribution < -0.4 is 4.30 Å². The van der Waals surface area contributed by atoms with Crippen LogP contribution in [0.1, 0.15) is 0 Å². The molecule has 0 aliphatic rings. The highest BCUT2D eigenvalue weighted by atomic mass is 127. The summed E-state index contributed by atoms with van der Waals surface area (Å²) < 4.78 is 5.87. The van der Waals surface area contributed by atoms with E-state index in [1.54, 1.807) is 0 Å². The van der Waals surface area contributed by atoms with Gasteiger partial charge in [-0.15, -0.1) is 0 Å². The van der Waals surface area contributed by atoms with Crippen LogP contribution in [-0.2, 0) is 0 Å². The van der Waals surface area contributed by atoms with Gasteiger partial charge in [0, 0.05) is 38.4 Å². The molecule has 7 rings (SSSR count). The predicted octanol–water partition coefficient (Wildman–Crippen LogP) is 8.75. The second-order valence-corrected chi connectivity index (χ2v) is 12.2. The minimum absolute atomic E-state index is 0.151. The number of hydrogen-bond donors (Lipinski definition) is 1. The van der Waals surface area contributed by atoms with Crippen LogP contribution in [0.2, 0.25) is 0 Å². The van der Waals surface area contributed by atoms with Crippen LogP contribution in [0.15, 0.2) is 115 Å². The number of anilines is 1. The predicted molar refractivity (Wildman–Crippen MR) is 170 cm³/mol. The molecule has 0 unspecified atom stereocenters. The van der Waals surface area contributed by atoms with Crippen molar-refractivity contribution in [2.45, 2.75) is 0 Å². The molecule has 0 spiro atoms. The molecule has 5 heteroatoms. The molecule has 1 N–H and O–H groups in total. The van der Waals surface area contributed by atoms with E-state index < -0.39 is 0 Å². The van der Waals surface area contributed by atoms with E-state index in [9.17, 15) is 0 Å². The number of nitrogens with zero attached hydrogens (tertiary/aromatic N) is 1. The largest absolute Gasteiger partial charge is 0.474 e. The Morgan fingerprint density at radius 2 is 1.24 bits per heavy atom. The molecule has 1 heterocycles. The Kier molecular flexibility index (Phi) is 6.01. The SMILES string of the molecule is [Al][n]1c2cc(-c3cccc(-c4ccccc4[NH][Al][I])c3)ccc2c2c3ccccc3c3ccccc3c21. The standard InChI is InChI=1S/C32H20N2.2Al.HI/c33-29-15-6-5-10-23(29)22-9-7-8-20(18-22)21-16-17-28-30(19-21)34-32-27-14-4-2-12-25(27)24-11-1-3-13-26(24)31(28)32;;;/h1-19,33H;;;1H/q-2;+1;+2;/p-1. The summed E-state index contributed by atoms with van der Waals surface area (Å²) in [4.78, 5) is 0. The van der Waals surface area contributed by atoms with Crippen LogP contribution in [0.25, 0.3) is 65.6 Å². The van der Waals surface area contributed by atoms with Crippen molar-refractivity contribution in [2.75, 3.05) is 4.30 Å². The summed E-state index contributed by atoms with van der Waals surface area (Å²) >= 11 is 5.57. The molecule has 6 aromatic carbocycles. The number of rotatable bonds is 4. The van der Waals surface area contributed by atoms with Gasteiger partial charge in [-0.25, -0.2) is 0 Å². The highest BCUT2D eigenvalue weighted by Crippen LogP contribution is 2.41. The minimum atomic E-state index is 0.151. The van der Waals surface area contributed by atoms with E-state index in [0.29, 0.717) is 0 Å². The number of nitrogens with one attached hydrogen (secondary N) is 1. The molecular weight excluding hydrogens is 593 g/mol. The molecule has 171 valence electrons. The third-order valence-corrected chi connectivity index (χ3v) is 9.21. The smallest absolute Gasteiger partial charge is 0.470 e. The van der Waals surface area contributed by atoms with Gasteiger partial charge in [0.2, 0.25) is 0 Å². The molecular formula is C32H20Al2IN2. The van der Waals surface area contributed by atoms with Gasteiger partial charge in [-0.05, 0) is 51.0 Å². The van der Waals surface area contributed by atoms with E-state index in [4.69, 9.17) is 0 Å². The van der Waals surface area contributed by atoms with E-state index in [1.807, 2.05) is 0 Å². The minimum Gasteiger partial charge on any atom is -0.474 e. The first-order chi connectivity index (χ1) is 18.2. The first-order valence-electron chi connectivity index (χ1n) is 12.3. The lowest BCUT2D eigenvalue weighted by molar-refractivity contribution is 1.40. The zero-order valence-corrected chi connectivity index (χ0v) is 24.4. The van der Waals surface area contributed by atoms with Crippen LogP contribution >= 0.6 is 20.3 Å². The van der Waals surface area contributed by atoms with Crippen molar-refractivity contribution in [1.29, 1.82) is 0 Å². The van der Waals surface area contributed by atoms with Gasteiger partial charge in [0.25, 0.3) is 0 Å². The van der Waals surface area contributed by atoms with Crippen LogP contribution in [0.5, 0.6) is 0 Å². The molecule has 0 atom stereocenters. The van der Waals surface area contributed by atoms with Gasteiger partial charge in [0.15, 0.2) is 0 Å². The molecule has 0 fully saturated rings. The van der Waals surface area contributed by atoms with Crippen molar-refractivity contribution in [1.82, 2.24) is 3.55 Å². The van der Waals surface area contributed by atoms with Crippen molar-refractivity contribution in [3.8, 4) is 22.3 Å². The quantitative estimate of drug-likeness (QED) is 0.119. The fourth-order valence-corrected chi connectivity index (χ4v) is 7.53. The first kappa shape index (κ1) is 23.4. The summed E-state index contributed by atoms with van der Waals surface area (Å²) in [6.45, 7) is 0. The molecule has 2 nitrogen and oxygen atoms in total. The second kappa shape index (κ2) is 9.52. The van der Waals surface area contributed by atoms with Gasteiger partial charge in [-0.1, -0.05) is 97.1 Å². The molecule has 0 aliphatic heterocycles. The lowest BCUT2D eigenvalue weighted by Gasteiger charge is -2.12. The van der Waals surface area contributed by atoms with Crippen molar-refractivity contribution < 1.29 is 0 Å². The Morgan fingerprint density at radius 1 is 0.595 bits per heavy atom. The van der Waals surface area contributed by atoms with Crippen molar-refractivity contribution in [3.63, 3.8) is 0 Å². The molecule has 0 saturated heterocycles. The van der Waals surface area contributed by atoms with E-state index in [-0.39, 0.29) is 12.2 Å². The summed E-state index contributed by atoms with van der Waals surface area (Å²) in [5.74, 6) is 0. The molecule has 37 heavy (non-hydrogen) atoms. The van der Waals surface area contributed by atoms with Gasteiger partial charge in [0.1, 0.15) is 0 Å². The average Bonchev–Trinajstić information content (AvgIpc) is 3.26. The number of para-hydroxylation sites is 1. The number of benzene rings is 6. The highest BCUT2D eigenvalue weighted by molar-refractivity contribution is 14.1. The van der Waals surface area contributed by atoms with Gasteiger partial charge in [0.05, 0.1) is 0 Å². The first-order valence-corrected chi connectivity index (χ1v) is 17.5. The van der Waals surface area contributed by atoms with Crippen molar-refractivity contribution in [2.24, 2.45) is 0 Å². The lowest BCUT2D eigenvalue weighted by Crippen LogP contribution is -1.99. The topological polar surface area (TPSA) is 17.0 Å². The van der Waals surface area contributed by atoms with Crippen LogP contribution in [0.3, 0.4) is 0 Å². The molecule has 7 aromatic rings. The fourth-order valence-electron chi connectivity index (χ4n) is 5.67. The summed E-state index contributed by atoms with van der Waals surface area (Å²) in [6, 6.07) is 41.9. The maximum absolute atomic E-state index is 3.57. The third kappa shape index (κ3) is 3.81. The van der Waals surface area contributed by atoms with E-state index >= 15 is 0 Å². The van der Waals surface area contributed by atoms with Gasteiger partial charge >= 0.3 is 28.7 Å². The van der Waals surface area contributed by atoms with Crippen molar-refractivity contribution >= 4 is 98.0 Å². The van der Waals surface area contributed by atoms with Crippen LogP contribution in [0.4, 0.5) is 5.69 Å². The van der Waals surface area contributed by atoms with Crippen molar-refractivity contribution in [3.05, 3.63) is 115 Å². The summed E-state index contributed by atoms with van der Waals surface area (Å²) in [6.07, 6.45) is 0. The maximum atomic E-state index is 3.57. The number of aromatic nitrogens is 1. The zero-order valence-electron chi connectivity index (χ0n) is 19.9.